The van der Waals surface area contributed by atoms with Gasteiger partial charge < -0.3 is 14.8 Å². The van der Waals surface area contributed by atoms with Crippen LogP contribution >= 0.6 is 11.3 Å². The Balaban J connectivity index is 1.74. The summed E-state index contributed by atoms with van der Waals surface area (Å²) in [7, 11) is 1.70. The molecule has 4 nitrogen and oxygen atoms in total. The van der Waals surface area contributed by atoms with E-state index in [2.05, 4.69) is 10.3 Å². The van der Waals surface area contributed by atoms with Gasteiger partial charge in [0.05, 0.1) is 16.8 Å². The zero-order valence-corrected chi connectivity index (χ0v) is 11.4. The highest BCUT2D eigenvalue weighted by molar-refractivity contribution is 7.22. The number of rotatable bonds is 4. The lowest BCUT2D eigenvalue weighted by Gasteiger charge is -2.25. The molecule has 0 aliphatic carbocycles. The first-order valence-electron chi connectivity index (χ1n) is 6.14. The molecule has 0 saturated carbocycles. The number of anilines is 1. The number of ether oxygens (including phenoxy) is 2. The van der Waals surface area contributed by atoms with E-state index >= 15 is 0 Å². The molecule has 2 aromatic rings. The number of fused-ring (bicyclic) bond motifs is 1. The van der Waals surface area contributed by atoms with E-state index in [1.54, 1.807) is 13.2 Å². The Bertz CT molecular complexity index is 581. The van der Waals surface area contributed by atoms with E-state index in [1.807, 2.05) is 0 Å². The Morgan fingerprint density at radius 1 is 1.58 bits per heavy atom. The van der Waals surface area contributed by atoms with Crippen LogP contribution in [0.4, 0.5) is 9.52 Å². The highest BCUT2D eigenvalue weighted by atomic mass is 32.1. The average molecular weight is 282 g/mol. The van der Waals surface area contributed by atoms with Gasteiger partial charge in [0.25, 0.3) is 0 Å². The minimum absolute atomic E-state index is 0.236. The molecule has 1 aliphatic rings. The number of nitrogens with zero attached hydrogens (tertiary/aromatic N) is 1. The predicted molar refractivity (Wildman–Crippen MR) is 73.2 cm³/mol. The van der Waals surface area contributed by atoms with Crippen LogP contribution in [0.1, 0.15) is 6.42 Å². The molecule has 3 rings (SSSR count). The third-order valence-electron chi connectivity index (χ3n) is 3.41. The van der Waals surface area contributed by atoms with E-state index in [-0.39, 0.29) is 11.4 Å². The molecule has 0 bridgehead atoms. The van der Waals surface area contributed by atoms with Gasteiger partial charge in [0.1, 0.15) is 11.4 Å². The summed E-state index contributed by atoms with van der Waals surface area (Å²) in [5, 5.41) is 4.05. The van der Waals surface area contributed by atoms with Crippen molar-refractivity contribution in [3.05, 3.63) is 24.0 Å². The fourth-order valence-electron chi connectivity index (χ4n) is 2.17. The number of aromatic nitrogens is 1. The monoisotopic (exact) mass is 282 g/mol. The Labute approximate surface area is 114 Å². The van der Waals surface area contributed by atoms with Crippen molar-refractivity contribution in [1.82, 2.24) is 4.98 Å². The summed E-state index contributed by atoms with van der Waals surface area (Å²) < 4.78 is 24.9. The molecule has 6 heteroatoms. The van der Waals surface area contributed by atoms with Gasteiger partial charge in [-0.15, -0.1) is 0 Å². The maximum atomic E-state index is 13.1. The first-order chi connectivity index (χ1) is 9.21. The molecule has 1 aliphatic heterocycles. The maximum Gasteiger partial charge on any atom is 0.183 e. The molecule has 1 aromatic heterocycles. The largest absolute Gasteiger partial charge is 0.378 e. The van der Waals surface area contributed by atoms with E-state index in [0.29, 0.717) is 13.2 Å². The van der Waals surface area contributed by atoms with Crippen LogP contribution in [0.5, 0.6) is 0 Å². The summed E-state index contributed by atoms with van der Waals surface area (Å²) in [4.78, 5) is 4.42. The van der Waals surface area contributed by atoms with Crippen molar-refractivity contribution in [2.75, 3.05) is 32.2 Å². The Hall–Kier alpha value is -1.24. The first-order valence-corrected chi connectivity index (χ1v) is 6.95. The van der Waals surface area contributed by atoms with Crippen LogP contribution in [0.2, 0.25) is 0 Å². The van der Waals surface area contributed by atoms with Gasteiger partial charge in [-0.3, -0.25) is 0 Å². The molecule has 19 heavy (non-hydrogen) atoms. The maximum absolute atomic E-state index is 13.1. The van der Waals surface area contributed by atoms with Gasteiger partial charge in [0.15, 0.2) is 5.13 Å². The molecular formula is C13H15FN2O2S. The number of benzene rings is 1. The van der Waals surface area contributed by atoms with Crippen molar-refractivity contribution < 1.29 is 13.9 Å². The predicted octanol–water partition coefficient (Wildman–Crippen LogP) is 2.65. The fraction of sp³-hybridized carbons (Fsp3) is 0.462. The Morgan fingerprint density at radius 2 is 2.47 bits per heavy atom. The van der Waals surface area contributed by atoms with Crippen LogP contribution in [0, 0.1) is 5.82 Å². The zero-order chi connectivity index (χ0) is 13.3. The van der Waals surface area contributed by atoms with Gasteiger partial charge in [0.2, 0.25) is 0 Å². The summed E-state index contributed by atoms with van der Waals surface area (Å²) >= 11 is 1.45. The summed E-state index contributed by atoms with van der Waals surface area (Å²) in [6, 6.07) is 4.62. The third kappa shape index (κ3) is 2.56. The standard InChI is InChI=1S/C13H15FN2O2S/c1-17-13(4-5-18-8-13)7-15-12-16-10-3-2-9(14)6-11(10)19-12/h2-3,6H,4-5,7-8H2,1H3,(H,15,16). The summed E-state index contributed by atoms with van der Waals surface area (Å²) in [6.45, 7) is 1.96. The van der Waals surface area contributed by atoms with Gasteiger partial charge in [-0.1, -0.05) is 11.3 Å². The molecular weight excluding hydrogens is 267 g/mol. The van der Waals surface area contributed by atoms with Gasteiger partial charge in [-0.2, -0.15) is 0 Å². The molecule has 0 amide bonds. The second-order valence-corrected chi connectivity index (χ2v) is 5.70. The fourth-order valence-corrected chi connectivity index (χ4v) is 3.06. The summed E-state index contributed by atoms with van der Waals surface area (Å²) in [5.41, 5.74) is 0.534. The third-order valence-corrected chi connectivity index (χ3v) is 4.39. The Morgan fingerprint density at radius 3 is 3.21 bits per heavy atom. The van der Waals surface area contributed by atoms with Crippen LogP contribution in [0.25, 0.3) is 10.2 Å². The Kier molecular flexibility index (Phi) is 3.38. The minimum Gasteiger partial charge on any atom is -0.378 e. The minimum atomic E-state index is -0.275. The number of hydrogen-bond acceptors (Lipinski definition) is 5. The molecule has 1 atom stereocenters. The molecule has 102 valence electrons. The van der Waals surface area contributed by atoms with Gasteiger partial charge >= 0.3 is 0 Å². The smallest absolute Gasteiger partial charge is 0.183 e. The van der Waals surface area contributed by atoms with Crippen LogP contribution in [0.3, 0.4) is 0 Å². The van der Waals surface area contributed by atoms with Crippen LogP contribution in [-0.4, -0.2) is 37.5 Å². The summed E-state index contributed by atoms with van der Waals surface area (Å²) in [6.07, 6.45) is 0.871. The zero-order valence-electron chi connectivity index (χ0n) is 10.6. The second kappa shape index (κ2) is 5.03. The van der Waals surface area contributed by atoms with E-state index in [1.165, 1.54) is 23.5 Å². The molecule has 1 fully saturated rings. The molecule has 1 saturated heterocycles. The average Bonchev–Trinajstić information content (AvgIpc) is 3.02. The number of halogens is 1. The summed E-state index contributed by atoms with van der Waals surface area (Å²) in [5.74, 6) is -0.236. The number of hydrogen-bond donors (Lipinski definition) is 1. The van der Waals surface area contributed by atoms with Crippen LogP contribution < -0.4 is 5.32 Å². The second-order valence-electron chi connectivity index (χ2n) is 4.67. The molecule has 2 heterocycles. The molecule has 1 N–H and O–H groups in total. The van der Waals surface area contributed by atoms with Crippen molar-refractivity contribution >= 4 is 26.7 Å². The number of thiazole rings is 1. The highest BCUT2D eigenvalue weighted by Gasteiger charge is 2.34. The number of nitrogens with one attached hydrogen (secondary N) is 1. The molecule has 0 radical (unpaired) electrons. The van der Waals surface area contributed by atoms with Crippen molar-refractivity contribution in [2.45, 2.75) is 12.0 Å². The van der Waals surface area contributed by atoms with E-state index < -0.39 is 0 Å². The van der Waals surface area contributed by atoms with Gasteiger partial charge in [-0.05, 0) is 18.2 Å². The normalized spacial score (nSPS) is 23.1. The molecule has 1 unspecified atom stereocenters. The quantitative estimate of drug-likeness (QED) is 0.936. The van der Waals surface area contributed by atoms with Crippen molar-refractivity contribution in [1.29, 1.82) is 0 Å². The van der Waals surface area contributed by atoms with Crippen molar-refractivity contribution in [3.63, 3.8) is 0 Å². The van der Waals surface area contributed by atoms with Crippen LogP contribution in [0.15, 0.2) is 18.2 Å². The lowest BCUT2D eigenvalue weighted by molar-refractivity contribution is -0.00619. The lowest BCUT2D eigenvalue weighted by Crippen LogP contribution is -2.39. The topological polar surface area (TPSA) is 43.4 Å². The van der Waals surface area contributed by atoms with Crippen molar-refractivity contribution in [3.8, 4) is 0 Å². The SMILES string of the molecule is COC1(CNc2nc3ccc(F)cc3s2)CCOC1. The molecule has 0 spiro atoms. The van der Waals surface area contributed by atoms with Crippen molar-refractivity contribution in [2.24, 2.45) is 0 Å². The highest BCUT2D eigenvalue weighted by Crippen LogP contribution is 2.28. The van der Waals surface area contributed by atoms with Crippen LogP contribution in [-0.2, 0) is 9.47 Å². The molecule has 1 aromatic carbocycles. The first kappa shape index (κ1) is 12.8. The van der Waals surface area contributed by atoms with Gasteiger partial charge in [-0.25, -0.2) is 9.37 Å². The lowest BCUT2D eigenvalue weighted by atomic mass is 10.0. The van der Waals surface area contributed by atoms with E-state index in [9.17, 15) is 4.39 Å². The van der Waals surface area contributed by atoms with E-state index in [0.717, 1.165) is 28.4 Å². The van der Waals surface area contributed by atoms with E-state index in [4.69, 9.17) is 9.47 Å². The number of methoxy groups -OCH3 is 1. The van der Waals surface area contributed by atoms with Gasteiger partial charge in [0, 0.05) is 26.7 Å².